The average Bonchev–Trinajstić information content (AvgIpc) is 2.78. The van der Waals surface area contributed by atoms with Gasteiger partial charge in [-0.05, 0) is 32.9 Å². The van der Waals surface area contributed by atoms with Crippen molar-refractivity contribution in [2.24, 2.45) is 0 Å². The van der Waals surface area contributed by atoms with Gasteiger partial charge in [-0.1, -0.05) is 6.07 Å². The highest BCUT2D eigenvalue weighted by Crippen LogP contribution is 2.15. The molecule has 0 atom stereocenters. The van der Waals surface area contributed by atoms with E-state index in [0.717, 1.165) is 4.90 Å². The Morgan fingerprint density at radius 3 is 2.65 bits per heavy atom. The van der Waals surface area contributed by atoms with Crippen molar-refractivity contribution in [3.8, 4) is 0 Å². The SMILES string of the molecule is CN(C(=O)OC(C)(C)C)C(=O)c1cnn2ccccc12. The van der Waals surface area contributed by atoms with Gasteiger partial charge < -0.3 is 4.74 Å². The molecule has 2 aromatic heterocycles. The highest BCUT2D eigenvalue weighted by Gasteiger charge is 2.26. The number of aromatic nitrogens is 2. The second-order valence-corrected chi connectivity index (χ2v) is 5.43. The summed E-state index contributed by atoms with van der Waals surface area (Å²) < 4.78 is 6.75. The van der Waals surface area contributed by atoms with Crippen LogP contribution in [0.1, 0.15) is 31.1 Å². The molecule has 2 aromatic rings. The number of ether oxygens (including phenoxy) is 1. The topological polar surface area (TPSA) is 63.9 Å². The van der Waals surface area contributed by atoms with Crippen molar-refractivity contribution in [2.45, 2.75) is 26.4 Å². The Bertz CT molecular complexity index is 655. The predicted octanol–water partition coefficient (Wildman–Crippen LogP) is 2.34. The van der Waals surface area contributed by atoms with Crippen LogP contribution in [0, 0.1) is 0 Å². The van der Waals surface area contributed by atoms with E-state index < -0.39 is 17.6 Å². The molecule has 0 aliphatic heterocycles. The summed E-state index contributed by atoms with van der Waals surface area (Å²) in [6, 6.07) is 5.39. The van der Waals surface area contributed by atoms with Gasteiger partial charge in [0, 0.05) is 13.2 Å². The third-order valence-electron chi connectivity index (χ3n) is 2.63. The summed E-state index contributed by atoms with van der Waals surface area (Å²) in [4.78, 5) is 25.2. The Kier molecular flexibility index (Phi) is 3.48. The number of imide groups is 1. The van der Waals surface area contributed by atoms with Gasteiger partial charge in [0.05, 0.1) is 17.3 Å². The number of pyridine rings is 1. The molecule has 6 heteroatoms. The minimum Gasteiger partial charge on any atom is -0.443 e. The molecule has 6 nitrogen and oxygen atoms in total. The molecule has 0 aromatic carbocycles. The fourth-order valence-corrected chi connectivity index (χ4v) is 1.69. The zero-order valence-corrected chi connectivity index (χ0v) is 12.0. The lowest BCUT2D eigenvalue weighted by molar-refractivity contribution is 0.0285. The predicted molar refractivity (Wildman–Crippen MR) is 73.5 cm³/mol. The Balaban J connectivity index is 2.25. The Morgan fingerprint density at radius 1 is 1.30 bits per heavy atom. The first kappa shape index (κ1) is 14.0. The third-order valence-corrected chi connectivity index (χ3v) is 2.63. The minimum atomic E-state index is -0.683. The monoisotopic (exact) mass is 275 g/mol. The Labute approximate surface area is 116 Å². The number of fused-ring (bicyclic) bond motifs is 1. The molecule has 0 bridgehead atoms. The number of carbonyl (C=O) groups is 2. The van der Waals surface area contributed by atoms with E-state index in [4.69, 9.17) is 4.74 Å². The molecule has 2 rings (SSSR count). The van der Waals surface area contributed by atoms with Gasteiger partial charge in [0.25, 0.3) is 5.91 Å². The van der Waals surface area contributed by atoms with Gasteiger partial charge in [-0.15, -0.1) is 0 Å². The molecule has 0 unspecified atom stereocenters. The van der Waals surface area contributed by atoms with Crippen LogP contribution in [-0.4, -0.2) is 39.2 Å². The van der Waals surface area contributed by atoms with Crippen molar-refractivity contribution in [3.05, 3.63) is 36.2 Å². The number of nitrogens with zero attached hydrogens (tertiary/aromatic N) is 3. The van der Waals surface area contributed by atoms with E-state index >= 15 is 0 Å². The molecule has 0 fully saturated rings. The first-order valence-corrected chi connectivity index (χ1v) is 6.23. The average molecular weight is 275 g/mol. The quantitative estimate of drug-likeness (QED) is 0.801. The van der Waals surface area contributed by atoms with E-state index in [1.54, 1.807) is 43.6 Å². The number of carbonyl (C=O) groups excluding carboxylic acids is 2. The summed E-state index contributed by atoms with van der Waals surface area (Å²) in [7, 11) is 1.39. The van der Waals surface area contributed by atoms with Crippen LogP contribution < -0.4 is 0 Å². The van der Waals surface area contributed by atoms with Gasteiger partial charge >= 0.3 is 6.09 Å². The van der Waals surface area contributed by atoms with E-state index in [2.05, 4.69) is 5.10 Å². The normalized spacial score (nSPS) is 11.4. The van der Waals surface area contributed by atoms with Crippen molar-refractivity contribution < 1.29 is 14.3 Å². The molecule has 0 spiro atoms. The number of amides is 2. The van der Waals surface area contributed by atoms with Gasteiger partial charge in [-0.3, -0.25) is 4.79 Å². The standard InChI is InChI=1S/C14H17N3O3/c1-14(2,3)20-13(19)16(4)12(18)10-9-15-17-8-6-5-7-11(10)17/h5-9H,1-4H3. The lowest BCUT2D eigenvalue weighted by Crippen LogP contribution is -2.38. The summed E-state index contributed by atoms with van der Waals surface area (Å²) in [6.07, 6.45) is 2.50. The van der Waals surface area contributed by atoms with Gasteiger partial charge in [0.1, 0.15) is 5.60 Å². The first-order chi connectivity index (χ1) is 9.29. The van der Waals surface area contributed by atoms with E-state index in [1.807, 2.05) is 6.07 Å². The van der Waals surface area contributed by atoms with Crippen molar-refractivity contribution in [1.82, 2.24) is 14.5 Å². The largest absolute Gasteiger partial charge is 0.443 e. The van der Waals surface area contributed by atoms with Crippen molar-refractivity contribution in [2.75, 3.05) is 7.05 Å². The Morgan fingerprint density at radius 2 is 2.00 bits per heavy atom. The molecular weight excluding hydrogens is 258 g/mol. The van der Waals surface area contributed by atoms with E-state index in [9.17, 15) is 9.59 Å². The van der Waals surface area contributed by atoms with Crippen LogP contribution in [0.4, 0.5) is 4.79 Å². The molecule has 2 amide bonds. The maximum Gasteiger partial charge on any atom is 0.417 e. The van der Waals surface area contributed by atoms with Crippen molar-refractivity contribution in [3.63, 3.8) is 0 Å². The van der Waals surface area contributed by atoms with Crippen LogP contribution in [-0.2, 0) is 4.74 Å². The highest BCUT2D eigenvalue weighted by atomic mass is 16.6. The summed E-state index contributed by atoms with van der Waals surface area (Å²) in [5, 5.41) is 4.07. The smallest absolute Gasteiger partial charge is 0.417 e. The van der Waals surface area contributed by atoms with Gasteiger partial charge in [0.15, 0.2) is 0 Å². The Hall–Kier alpha value is -2.37. The van der Waals surface area contributed by atoms with Crippen LogP contribution in [0.2, 0.25) is 0 Å². The number of rotatable bonds is 1. The molecular formula is C14H17N3O3. The molecule has 0 aliphatic rings. The maximum absolute atomic E-state index is 12.3. The molecule has 0 saturated carbocycles. The van der Waals surface area contributed by atoms with Gasteiger partial charge in [-0.25, -0.2) is 14.2 Å². The molecule has 0 aliphatic carbocycles. The third kappa shape index (κ3) is 2.79. The zero-order chi connectivity index (χ0) is 14.9. The molecule has 0 saturated heterocycles. The molecule has 0 N–H and O–H groups in total. The highest BCUT2D eigenvalue weighted by molar-refractivity contribution is 6.06. The fraction of sp³-hybridized carbons (Fsp3) is 0.357. The fourth-order valence-electron chi connectivity index (χ4n) is 1.69. The summed E-state index contributed by atoms with van der Waals surface area (Å²) >= 11 is 0. The zero-order valence-electron chi connectivity index (χ0n) is 12.0. The molecule has 0 radical (unpaired) electrons. The van der Waals surface area contributed by atoms with Gasteiger partial charge in [0.2, 0.25) is 0 Å². The van der Waals surface area contributed by atoms with Crippen LogP contribution in [0.15, 0.2) is 30.6 Å². The van der Waals surface area contributed by atoms with Crippen LogP contribution in [0.25, 0.3) is 5.52 Å². The van der Waals surface area contributed by atoms with Crippen molar-refractivity contribution in [1.29, 1.82) is 0 Å². The maximum atomic E-state index is 12.3. The lowest BCUT2D eigenvalue weighted by Gasteiger charge is -2.23. The molecule has 2 heterocycles. The summed E-state index contributed by atoms with van der Waals surface area (Å²) in [5.41, 5.74) is 0.360. The second kappa shape index (κ2) is 4.96. The second-order valence-electron chi connectivity index (χ2n) is 5.43. The number of hydrogen-bond acceptors (Lipinski definition) is 4. The summed E-state index contributed by atoms with van der Waals surface area (Å²) in [5.74, 6) is -0.444. The number of hydrogen-bond donors (Lipinski definition) is 0. The van der Waals surface area contributed by atoms with Crippen LogP contribution in [0.3, 0.4) is 0 Å². The van der Waals surface area contributed by atoms with E-state index in [0.29, 0.717) is 11.1 Å². The first-order valence-electron chi connectivity index (χ1n) is 6.23. The van der Waals surface area contributed by atoms with Crippen LogP contribution >= 0.6 is 0 Å². The molecule has 20 heavy (non-hydrogen) atoms. The summed E-state index contributed by atoms with van der Waals surface area (Å²) in [6.45, 7) is 5.25. The van der Waals surface area contributed by atoms with Crippen LogP contribution in [0.5, 0.6) is 0 Å². The van der Waals surface area contributed by atoms with Crippen molar-refractivity contribution >= 4 is 17.5 Å². The molecule has 106 valence electrons. The van der Waals surface area contributed by atoms with E-state index in [-0.39, 0.29) is 0 Å². The van der Waals surface area contributed by atoms with E-state index in [1.165, 1.54) is 13.2 Å². The van der Waals surface area contributed by atoms with Gasteiger partial charge in [-0.2, -0.15) is 5.10 Å². The lowest BCUT2D eigenvalue weighted by atomic mass is 10.2. The minimum absolute atomic E-state index is 0.360.